The molecule has 0 radical (unpaired) electrons. The minimum absolute atomic E-state index is 0.0275. The van der Waals surface area contributed by atoms with Gasteiger partial charge in [-0.2, -0.15) is 0 Å². The predicted octanol–water partition coefficient (Wildman–Crippen LogP) is 12.0. The van der Waals surface area contributed by atoms with E-state index >= 15 is 0 Å². The van der Waals surface area contributed by atoms with Crippen LogP contribution in [-0.4, -0.2) is 80.9 Å². The first kappa shape index (κ1) is 46.9. The molecule has 1 rings (SSSR count). The summed E-state index contributed by atoms with van der Waals surface area (Å²) < 4.78 is 12.1. The molecule has 1 heterocycles. The Morgan fingerprint density at radius 3 is 1.10 bits per heavy atom. The second-order valence-electron chi connectivity index (χ2n) is 16.1. The number of ether oxygens (including phenoxy) is 2. The number of hydrogen-bond acceptors (Lipinski definition) is 5. The van der Waals surface area contributed by atoms with Crippen LogP contribution >= 0.6 is 0 Å². The summed E-state index contributed by atoms with van der Waals surface area (Å²) in [6, 6.07) is 0. The van der Waals surface area contributed by atoms with Crippen molar-refractivity contribution in [3.63, 3.8) is 0 Å². The molecule has 0 saturated carbocycles. The molecule has 0 aliphatic carbocycles. The van der Waals surface area contributed by atoms with Gasteiger partial charge in [-0.15, -0.1) is 0 Å². The lowest BCUT2D eigenvalue weighted by atomic mass is 10.0. The monoisotopic (exact) mass is 708 g/mol. The molecule has 0 N–H and O–H groups in total. The van der Waals surface area contributed by atoms with Crippen LogP contribution < -0.4 is 0 Å². The number of esters is 2. The molecule has 0 atom stereocenters. The fourth-order valence-electron chi connectivity index (χ4n) is 7.35. The molecule has 1 aliphatic rings. The second kappa shape index (κ2) is 34.9. The van der Waals surface area contributed by atoms with E-state index in [9.17, 15) is 9.59 Å². The van der Waals surface area contributed by atoms with Crippen molar-refractivity contribution in [1.29, 1.82) is 0 Å². The number of quaternary nitrogens is 1. The first-order valence-corrected chi connectivity index (χ1v) is 22.4. The molecule has 296 valence electrons. The van der Waals surface area contributed by atoms with Crippen LogP contribution in [0.25, 0.3) is 0 Å². The minimum atomic E-state index is -0.0341. The van der Waals surface area contributed by atoms with Crippen molar-refractivity contribution in [3.8, 4) is 0 Å². The lowest BCUT2D eigenvalue weighted by molar-refractivity contribution is -0.913. The normalized spacial score (nSPS) is 14.6. The number of rotatable bonds is 37. The van der Waals surface area contributed by atoms with E-state index < -0.39 is 0 Å². The topological polar surface area (TPSA) is 55.8 Å². The highest BCUT2D eigenvalue weighted by molar-refractivity contribution is 5.69. The zero-order valence-corrected chi connectivity index (χ0v) is 34.1. The molecule has 0 aromatic heterocycles. The molecular weight excluding hydrogens is 620 g/mol. The average molecular weight is 708 g/mol. The van der Waals surface area contributed by atoms with Crippen LogP contribution in [0, 0.1) is 0 Å². The van der Waals surface area contributed by atoms with Gasteiger partial charge in [-0.25, -0.2) is 0 Å². The molecule has 1 fully saturated rings. The summed E-state index contributed by atoms with van der Waals surface area (Å²) in [5.74, 6) is -0.0615. The van der Waals surface area contributed by atoms with Gasteiger partial charge >= 0.3 is 11.9 Å². The maximum absolute atomic E-state index is 12.3. The van der Waals surface area contributed by atoms with E-state index in [1.807, 2.05) is 0 Å². The number of nitrogens with zero attached hydrogens (tertiary/aromatic N) is 2. The molecule has 1 saturated heterocycles. The Morgan fingerprint density at radius 1 is 0.460 bits per heavy atom. The molecule has 0 unspecified atom stereocenters. The van der Waals surface area contributed by atoms with Crippen LogP contribution in [-0.2, 0) is 19.1 Å². The number of hydrogen-bond donors (Lipinski definition) is 0. The SMILES string of the molecule is CCCCCCCCCCCCCCCCCC(=O)OCCN1CC[N+](C)(CCOC(=O)CCCCCCCCCCCCCCCC)CC1. The van der Waals surface area contributed by atoms with Crippen molar-refractivity contribution in [3.05, 3.63) is 0 Å². The van der Waals surface area contributed by atoms with Crippen LogP contribution in [0.15, 0.2) is 0 Å². The third-order valence-corrected chi connectivity index (χ3v) is 11.2. The maximum Gasteiger partial charge on any atom is 0.305 e. The van der Waals surface area contributed by atoms with E-state index in [-0.39, 0.29) is 11.9 Å². The van der Waals surface area contributed by atoms with Crippen molar-refractivity contribution in [2.24, 2.45) is 0 Å². The van der Waals surface area contributed by atoms with E-state index in [2.05, 4.69) is 25.8 Å². The van der Waals surface area contributed by atoms with Gasteiger partial charge in [-0.1, -0.05) is 187 Å². The Kier molecular flexibility index (Phi) is 32.7. The zero-order valence-electron chi connectivity index (χ0n) is 34.1. The molecule has 0 bridgehead atoms. The zero-order chi connectivity index (χ0) is 36.2. The summed E-state index contributed by atoms with van der Waals surface area (Å²) in [5.41, 5.74) is 0. The summed E-state index contributed by atoms with van der Waals surface area (Å²) in [5, 5.41) is 0. The molecule has 0 aromatic rings. The summed E-state index contributed by atoms with van der Waals surface area (Å²) in [6.07, 6.45) is 39.8. The van der Waals surface area contributed by atoms with Gasteiger partial charge in [0.05, 0.1) is 20.1 Å². The van der Waals surface area contributed by atoms with Gasteiger partial charge in [0.1, 0.15) is 19.8 Å². The summed E-state index contributed by atoms with van der Waals surface area (Å²) in [7, 11) is 2.27. The molecule has 0 spiro atoms. The smallest absolute Gasteiger partial charge is 0.305 e. The van der Waals surface area contributed by atoms with E-state index in [1.54, 1.807) is 0 Å². The molecule has 6 nitrogen and oxygen atoms in total. The first-order chi connectivity index (χ1) is 24.5. The molecule has 0 aromatic carbocycles. The molecule has 0 amide bonds. The number of likely N-dealkylation sites (N-methyl/N-ethyl adjacent to an activating group) is 1. The Hall–Kier alpha value is -1.14. The van der Waals surface area contributed by atoms with Crippen LogP contribution in [0.3, 0.4) is 0 Å². The standard InChI is InChI=1S/C44H87N2O4/c1-4-6-8-10-12-14-16-18-20-22-24-25-27-29-31-33-43(47)49-41-37-45-35-38-46(3,39-36-45)40-42-50-44(48)34-32-30-28-26-23-21-19-17-15-13-11-9-7-5-2/h4-42H2,1-3H3/q+1. The number of carbonyl (C=O) groups excluding carboxylic acids is 2. The average Bonchev–Trinajstić information content (AvgIpc) is 3.11. The molecule has 50 heavy (non-hydrogen) atoms. The number of piperazine rings is 1. The summed E-state index contributed by atoms with van der Waals surface area (Å²) >= 11 is 0. The molecule has 6 heteroatoms. The summed E-state index contributed by atoms with van der Waals surface area (Å²) in [6.45, 7) is 11.4. The lowest BCUT2D eigenvalue weighted by Crippen LogP contribution is -2.58. The third kappa shape index (κ3) is 30.5. The van der Waals surface area contributed by atoms with Crippen molar-refractivity contribution in [2.75, 3.05) is 59.5 Å². The second-order valence-corrected chi connectivity index (χ2v) is 16.1. The van der Waals surface area contributed by atoms with E-state index in [0.29, 0.717) is 26.1 Å². The van der Waals surface area contributed by atoms with Crippen molar-refractivity contribution in [1.82, 2.24) is 4.90 Å². The highest BCUT2D eigenvalue weighted by Gasteiger charge is 2.28. The van der Waals surface area contributed by atoms with E-state index in [4.69, 9.17) is 9.47 Å². The quantitative estimate of drug-likeness (QED) is 0.0365. The molecule has 1 aliphatic heterocycles. The largest absolute Gasteiger partial charge is 0.464 e. The van der Waals surface area contributed by atoms with E-state index in [0.717, 1.165) is 69.4 Å². The van der Waals surface area contributed by atoms with Crippen molar-refractivity contribution < 1.29 is 23.5 Å². The van der Waals surface area contributed by atoms with E-state index in [1.165, 1.54) is 161 Å². The number of unbranched alkanes of at least 4 members (excludes halogenated alkanes) is 27. The van der Waals surface area contributed by atoms with Crippen LogP contribution in [0.4, 0.5) is 0 Å². The van der Waals surface area contributed by atoms with Crippen LogP contribution in [0.2, 0.25) is 0 Å². The third-order valence-electron chi connectivity index (χ3n) is 11.2. The fourth-order valence-corrected chi connectivity index (χ4v) is 7.35. The first-order valence-electron chi connectivity index (χ1n) is 22.4. The van der Waals surface area contributed by atoms with Crippen molar-refractivity contribution in [2.45, 2.75) is 213 Å². The minimum Gasteiger partial charge on any atom is -0.464 e. The lowest BCUT2D eigenvalue weighted by Gasteiger charge is -2.41. The van der Waals surface area contributed by atoms with Gasteiger partial charge in [0, 0.05) is 32.5 Å². The summed E-state index contributed by atoms with van der Waals surface area (Å²) in [4.78, 5) is 26.9. The Morgan fingerprint density at radius 2 is 0.760 bits per heavy atom. The van der Waals surface area contributed by atoms with Crippen molar-refractivity contribution >= 4 is 11.9 Å². The predicted molar refractivity (Wildman–Crippen MR) is 214 cm³/mol. The maximum atomic E-state index is 12.3. The van der Waals surface area contributed by atoms with Crippen LogP contribution in [0.5, 0.6) is 0 Å². The van der Waals surface area contributed by atoms with Gasteiger partial charge in [0.15, 0.2) is 0 Å². The van der Waals surface area contributed by atoms with Gasteiger partial charge < -0.3 is 14.0 Å². The number of carbonyl (C=O) groups is 2. The van der Waals surface area contributed by atoms with Crippen LogP contribution in [0.1, 0.15) is 213 Å². The van der Waals surface area contributed by atoms with Gasteiger partial charge in [-0.3, -0.25) is 14.5 Å². The fraction of sp³-hybridized carbons (Fsp3) is 0.955. The van der Waals surface area contributed by atoms with Gasteiger partial charge in [0.25, 0.3) is 0 Å². The highest BCUT2D eigenvalue weighted by atomic mass is 16.5. The van der Waals surface area contributed by atoms with Gasteiger partial charge in [0.2, 0.25) is 0 Å². The Bertz CT molecular complexity index is 752. The Balaban J connectivity index is 1.87. The highest BCUT2D eigenvalue weighted by Crippen LogP contribution is 2.16. The van der Waals surface area contributed by atoms with Gasteiger partial charge in [-0.05, 0) is 12.8 Å². The molecular formula is C44H87N2O4+. The Labute approximate surface area is 312 Å².